The molecular weight excluding hydrogens is 184 g/mol. The van der Waals surface area contributed by atoms with Crippen molar-refractivity contribution in [3.63, 3.8) is 0 Å². The highest BCUT2D eigenvalue weighted by molar-refractivity contribution is 5.81. The average molecular weight is 198 g/mol. The zero-order chi connectivity index (χ0) is 10.7. The van der Waals surface area contributed by atoms with Crippen LogP contribution in [0.15, 0.2) is 11.6 Å². The molecule has 0 saturated heterocycles. The number of carboxylic acids is 1. The van der Waals surface area contributed by atoms with E-state index < -0.39 is 23.8 Å². The molecule has 1 rings (SSSR count). The predicted molar refractivity (Wildman–Crippen MR) is 49.6 cm³/mol. The minimum Gasteiger partial charge on any atom is -0.481 e. The average Bonchev–Trinajstić information content (AvgIpc) is 2.16. The zero-order valence-electron chi connectivity index (χ0n) is 8.32. The highest BCUT2D eigenvalue weighted by Crippen LogP contribution is 2.30. The molecule has 2 atom stereocenters. The molecule has 0 unspecified atom stereocenters. The van der Waals surface area contributed by atoms with Gasteiger partial charge in [0.1, 0.15) is 0 Å². The van der Waals surface area contributed by atoms with Gasteiger partial charge in [-0.2, -0.15) is 0 Å². The number of aliphatic carboxylic acids is 1. The molecule has 0 saturated carbocycles. The van der Waals surface area contributed by atoms with Gasteiger partial charge in [-0.25, -0.2) is 0 Å². The van der Waals surface area contributed by atoms with Crippen LogP contribution in [0.4, 0.5) is 0 Å². The molecule has 0 aliphatic heterocycles. The quantitative estimate of drug-likeness (QED) is 0.535. The fourth-order valence-electron chi connectivity index (χ4n) is 1.74. The van der Waals surface area contributed by atoms with Gasteiger partial charge in [0, 0.05) is 0 Å². The van der Waals surface area contributed by atoms with Crippen molar-refractivity contribution in [3.05, 3.63) is 11.6 Å². The first-order chi connectivity index (χ1) is 6.56. The SMILES string of the molecule is COC(=O)[C@H]1CC(C)=CC[C@H]1C(=O)O. The topological polar surface area (TPSA) is 63.6 Å². The van der Waals surface area contributed by atoms with E-state index in [1.54, 1.807) is 0 Å². The highest BCUT2D eigenvalue weighted by Gasteiger charge is 2.36. The summed E-state index contributed by atoms with van der Waals surface area (Å²) in [5.74, 6) is -2.51. The Bertz CT molecular complexity index is 280. The van der Waals surface area contributed by atoms with Gasteiger partial charge in [-0.15, -0.1) is 0 Å². The fraction of sp³-hybridized carbons (Fsp3) is 0.600. The number of hydrogen-bond donors (Lipinski definition) is 1. The Hall–Kier alpha value is -1.32. The maximum Gasteiger partial charge on any atom is 0.309 e. The number of esters is 1. The Morgan fingerprint density at radius 2 is 2.14 bits per heavy atom. The molecule has 0 fully saturated rings. The molecule has 0 aromatic rings. The minimum absolute atomic E-state index is 0.418. The summed E-state index contributed by atoms with van der Waals surface area (Å²) in [6.07, 6.45) is 2.78. The molecule has 0 aromatic heterocycles. The van der Waals surface area contributed by atoms with Crippen molar-refractivity contribution in [3.8, 4) is 0 Å². The number of rotatable bonds is 2. The van der Waals surface area contributed by atoms with Crippen molar-refractivity contribution < 1.29 is 19.4 Å². The van der Waals surface area contributed by atoms with Gasteiger partial charge in [-0.1, -0.05) is 11.6 Å². The number of hydrogen-bond acceptors (Lipinski definition) is 3. The molecular formula is C10H14O4. The molecule has 0 aromatic carbocycles. The first-order valence-electron chi connectivity index (χ1n) is 4.52. The van der Waals surface area contributed by atoms with Crippen LogP contribution < -0.4 is 0 Å². The second-order valence-electron chi connectivity index (χ2n) is 3.56. The van der Waals surface area contributed by atoms with Gasteiger partial charge < -0.3 is 9.84 Å². The summed E-state index contributed by atoms with van der Waals surface area (Å²) in [5.41, 5.74) is 1.05. The second kappa shape index (κ2) is 4.26. The normalized spacial score (nSPS) is 26.6. The molecule has 78 valence electrons. The van der Waals surface area contributed by atoms with Crippen LogP contribution in [0.3, 0.4) is 0 Å². The lowest BCUT2D eigenvalue weighted by atomic mass is 9.80. The largest absolute Gasteiger partial charge is 0.481 e. The standard InChI is InChI=1S/C10H14O4/c1-6-3-4-7(9(11)12)8(5-6)10(13)14-2/h3,7-8H,4-5H2,1-2H3,(H,11,12)/t7-,8+/m1/s1. The van der Waals surface area contributed by atoms with Gasteiger partial charge in [0.2, 0.25) is 0 Å². The maximum atomic E-state index is 11.3. The lowest BCUT2D eigenvalue weighted by Crippen LogP contribution is -2.32. The van der Waals surface area contributed by atoms with E-state index in [1.807, 2.05) is 13.0 Å². The first-order valence-corrected chi connectivity index (χ1v) is 4.52. The van der Waals surface area contributed by atoms with E-state index in [0.29, 0.717) is 12.8 Å². The van der Waals surface area contributed by atoms with E-state index in [-0.39, 0.29) is 0 Å². The molecule has 14 heavy (non-hydrogen) atoms. The monoisotopic (exact) mass is 198 g/mol. The molecule has 1 aliphatic carbocycles. The summed E-state index contributed by atoms with van der Waals surface area (Å²) in [4.78, 5) is 22.2. The van der Waals surface area contributed by atoms with Crippen molar-refractivity contribution in [2.45, 2.75) is 19.8 Å². The van der Waals surface area contributed by atoms with Crippen LogP contribution in [0.25, 0.3) is 0 Å². The molecule has 1 N–H and O–H groups in total. The van der Waals surface area contributed by atoms with Crippen LogP contribution in [0, 0.1) is 11.8 Å². The summed E-state index contributed by atoms with van der Waals surface area (Å²) in [6, 6.07) is 0. The van der Waals surface area contributed by atoms with E-state index in [2.05, 4.69) is 4.74 Å². The fourth-order valence-corrected chi connectivity index (χ4v) is 1.74. The number of carbonyl (C=O) groups is 2. The van der Waals surface area contributed by atoms with Crippen molar-refractivity contribution in [1.82, 2.24) is 0 Å². The molecule has 0 amide bonds. The smallest absolute Gasteiger partial charge is 0.309 e. The third kappa shape index (κ3) is 2.13. The van der Waals surface area contributed by atoms with E-state index >= 15 is 0 Å². The van der Waals surface area contributed by atoms with Crippen LogP contribution in [0.5, 0.6) is 0 Å². The summed E-state index contributed by atoms with van der Waals surface area (Å²) in [6.45, 7) is 1.90. The number of carbonyl (C=O) groups excluding carboxylic acids is 1. The Morgan fingerprint density at radius 1 is 1.50 bits per heavy atom. The molecule has 4 heteroatoms. The highest BCUT2D eigenvalue weighted by atomic mass is 16.5. The number of allylic oxidation sites excluding steroid dienone is 2. The Morgan fingerprint density at radius 3 is 2.64 bits per heavy atom. The summed E-state index contributed by atoms with van der Waals surface area (Å²) in [7, 11) is 1.29. The van der Waals surface area contributed by atoms with E-state index in [1.165, 1.54) is 7.11 Å². The van der Waals surface area contributed by atoms with Gasteiger partial charge in [0.05, 0.1) is 18.9 Å². The summed E-state index contributed by atoms with van der Waals surface area (Å²) >= 11 is 0. The van der Waals surface area contributed by atoms with Crippen molar-refractivity contribution in [2.24, 2.45) is 11.8 Å². The van der Waals surface area contributed by atoms with Crippen molar-refractivity contribution in [1.29, 1.82) is 0 Å². The van der Waals surface area contributed by atoms with Crippen LogP contribution >= 0.6 is 0 Å². The molecule has 1 aliphatic rings. The maximum absolute atomic E-state index is 11.3. The Balaban J connectivity index is 2.83. The van der Waals surface area contributed by atoms with E-state index in [0.717, 1.165) is 5.57 Å². The van der Waals surface area contributed by atoms with E-state index in [9.17, 15) is 9.59 Å². The third-order valence-electron chi connectivity index (χ3n) is 2.57. The minimum atomic E-state index is -0.927. The van der Waals surface area contributed by atoms with Gasteiger partial charge >= 0.3 is 11.9 Å². The number of ether oxygens (including phenoxy) is 1. The molecule has 0 radical (unpaired) electrons. The molecule has 0 heterocycles. The Kier molecular flexibility index (Phi) is 3.28. The van der Waals surface area contributed by atoms with Crippen molar-refractivity contribution in [2.75, 3.05) is 7.11 Å². The van der Waals surface area contributed by atoms with Crippen LogP contribution in [-0.2, 0) is 14.3 Å². The Labute approximate surface area is 82.6 Å². The van der Waals surface area contributed by atoms with Gasteiger partial charge in [-0.05, 0) is 19.8 Å². The summed E-state index contributed by atoms with van der Waals surface area (Å²) in [5, 5.41) is 8.90. The van der Waals surface area contributed by atoms with Crippen LogP contribution in [0.2, 0.25) is 0 Å². The van der Waals surface area contributed by atoms with Gasteiger partial charge in [-0.3, -0.25) is 9.59 Å². The zero-order valence-corrected chi connectivity index (χ0v) is 8.32. The molecule has 0 bridgehead atoms. The third-order valence-corrected chi connectivity index (χ3v) is 2.57. The molecule has 0 spiro atoms. The number of methoxy groups -OCH3 is 1. The van der Waals surface area contributed by atoms with Gasteiger partial charge in [0.15, 0.2) is 0 Å². The van der Waals surface area contributed by atoms with Crippen molar-refractivity contribution >= 4 is 11.9 Å². The lowest BCUT2D eigenvalue weighted by molar-refractivity contribution is -0.156. The van der Waals surface area contributed by atoms with Crippen LogP contribution in [0.1, 0.15) is 19.8 Å². The molecule has 4 nitrogen and oxygen atoms in total. The van der Waals surface area contributed by atoms with E-state index in [4.69, 9.17) is 5.11 Å². The van der Waals surface area contributed by atoms with Gasteiger partial charge in [0.25, 0.3) is 0 Å². The predicted octanol–water partition coefficient (Wildman–Crippen LogP) is 1.22. The lowest BCUT2D eigenvalue weighted by Gasteiger charge is -2.25. The first kappa shape index (κ1) is 10.8. The summed E-state index contributed by atoms with van der Waals surface area (Å²) < 4.78 is 4.59. The number of carboxylic acid groups (broad SMARTS) is 1. The second-order valence-corrected chi connectivity index (χ2v) is 3.56. The van der Waals surface area contributed by atoms with Crippen LogP contribution in [-0.4, -0.2) is 24.2 Å².